The van der Waals surface area contributed by atoms with Gasteiger partial charge in [-0.3, -0.25) is 9.59 Å². The van der Waals surface area contributed by atoms with Crippen molar-refractivity contribution in [1.82, 2.24) is 0 Å². The van der Waals surface area contributed by atoms with Crippen LogP contribution in [0.5, 0.6) is 0 Å². The maximum Gasteiger partial charge on any atom is 2.00 e. The quantitative estimate of drug-likeness (QED) is 0.0350. The van der Waals surface area contributed by atoms with Crippen molar-refractivity contribution in [2.45, 2.75) is 470 Å². The van der Waals surface area contributed by atoms with E-state index in [2.05, 4.69) is 174 Å². The third-order valence-electron chi connectivity index (χ3n) is 32.8. The molecule has 29 heteroatoms. The van der Waals surface area contributed by atoms with Crippen molar-refractivity contribution in [3.8, 4) is 0 Å². The van der Waals surface area contributed by atoms with Crippen molar-refractivity contribution < 1.29 is 115 Å². The molecule has 0 saturated carbocycles. The van der Waals surface area contributed by atoms with E-state index < -0.39 is 52.6 Å². The van der Waals surface area contributed by atoms with E-state index in [-0.39, 0.29) is 215 Å². The van der Waals surface area contributed by atoms with Crippen molar-refractivity contribution in [2.24, 2.45) is 47.3 Å². The summed E-state index contributed by atoms with van der Waals surface area (Å²) in [6, 6.07) is 9.04. The predicted octanol–water partition coefficient (Wildman–Crippen LogP) is 17.5. The van der Waals surface area contributed by atoms with Crippen LogP contribution in [0.4, 0.5) is 0 Å². The molecule has 16 fully saturated rings. The Hall–Kier alpha value is -1.65. The van der Waals surface area contributed by atoms with Crippen LogP contribution >= 0.6 is 31.9 Å². The fourth-order valence-corrected chi connectivity index (χ4v) is 26.1. The van der Waals surface area contributed by atoms with E-state index in [1.54, 1.807) is 12.1 Å². The monoisotopic (exact) mass is 2040 g/mol. The summed E-state index contributed by atoms with van der Waals surface area (Å²) in [5.41, 5.74) is 2.75. The van der Waals surface area contributed by atoms with Gasteiger partial charge >= 0.3 is 29.0 Å². The van der Waals surface area contributed by atoms with Crippen LogP contribution in [0.15, 0.2) is 76.8 Å². The molecule has 0 amide bonds. The van der Waals surface area contributed by atoms with Crippen LogP contribution in [0.1, 0.15) is 274 Å². The number of ether oxygens (including phenoxy) is 15. The molecule has 12 bridgehead atoms. The molecule has 0 radical (unpaired) electrons. The van der Waals surface area contributed by atoms with Crippen LogP contribution in [0.2, 0.25) is 36.3 Å². The Kier molecular flexibility index (Phi) is 40.6. The molecule has 36 atom stereocenters. The van der Waals surface area contributed by atoms with E-state index in [0.717, 1.165) is 118 Å². The largest absolute Gasteiger partial charge is 2.00 e. The van der Waals surface area contributed by atoms with Crippen LogP contribution < -0.4 is 10.2 Å². The Morgan fingerprint density at radius 2 is 0.932 bits per heavy atom. The maximum absolute atomic E-state index is 14.5. The van der Waals surface area contributed by atoms with Gasteiger partial charge in [0.15, 0.2) is 28.2 Å². The molecule has 17 rings (SSSR count). The summed E-state index contributed by atoms with van der Waals surface area (Å²) in [6.07, 6.45) is 13.2. The number of aliphatic hydroxyl groups is 2. The minimum absolute atomic E-state index is 0. The molecule has 16 saturated heterocycles. The van der Waals surface area contributed by atoms with Gasteiger partial charge in [-0.1, -0.05) is 179 Å². The predicted molar refractivity (Wildman–Crippen MR) is 521 cm³/mol. The van der Waals surface area contributed by atoms with Crippen LogP contribution in [0.25, 0.3) is 0 Å². The molecule has 16 aliphatic rings. The summed E-state index contributed by atoms with van der Waals surface area (Å²) in [5, 5.41) is 37.0. The molecule has 0 spiro atoms. The Morgan fingerprint density at radius 1 is 0.526 bits per heavy atom. The zero-order valence-electron chi connectivity index (χ0n) is 83.9. The van der Waals surface area contributed by atoms with Gasteiger partial charge in [-0.2, -0.15) is 14.2 Å². The molecule has 2 N–H and O–H groups in total. The maximum atomic E-state index is 14.5. The van der Waals surface area contributed by atoms with Gasteiger partial charge in [0.25, 0.3) is 0 Å². The second kappa shape index (κ2) is 48.4. The van der Waals surface area contributed by atoms with Crippen molar-refractivity contribution >= 4 is 89.1 Å². The Morgan fingerprint density at radius 3 is 1.35 bits per heavy atom. The van der Waals surface area contributed by atoms with E-state index >= 15 is 0 Å². The molecule has 2 unspecified atom stereocenters. The van der Waals surface area contributed by atoms with Crippen molar-refractivity contribution in [1.29, 1.82) is 0 Å². The molecule has 24 nitrogen and oxygen atoms in total. The number of carbonyl (C=O) groups excluding carboxylic acids is 3. The van der Waals surface area contributed by atoms with Gasteiger partial charge in [0, 0.05) is 96.9 Å². The number of Topliss-reactive ketones (excluding diaryl/α,β-unsaturated/α-hetero) is 2. The number of aliphatic hydroxyl groups excluding tert-OH is 2. The second-order valence-corrected chi connectivity index (χ2v) is 56.7. The van der Waals surface area contributed by atoms with Gasteiger partial charge in [0.05, 0.1) is 97.1 Å². The van der Waals surface area contributed by atoms with Crippen molar-refractivity contribution in [2.75, 3.05) is 34.0 Å². The minimum Gasteiger partial charge on any atom is -0.857 e. The Labute approximate surface area is 831 Å². The molecule has 1 aromatic carbocycles. The summed E-state index contributed by atoms with van der Waals surface area (Å²) >= 11 is 6.88. The number of ketones is 2. The first-order chi connectivity index (χ1) is 62.5. The zero-order valence-corrected chi connectivity index (χ0v) is 90.5. The van der Waals surface area contributed by atoms with E-state index in [9.17, 15) is 24.6 Å². The van der Waals surface area contributed by atoms with E-state index in [1.165, 1.54) is 0 Å². The molecule has 0 aliphatic carbocycles. The molecule has 750 valence electrons. The van der Waals surface area contributed by atoms with Gasteiger partial charge in [0.2, 0.25) is 0 Å². The van der Waals surface area contributed by atoms with Crippen LogP contribution in [-0.2, 0) is 89.5 Å². The normalized spacial score (nSPS) is 38.8. The van der Waals surface area contributed by atoms with Crippen molar-refractivity contribution in [3.63, 3.8) is 0 Å². The number of hydrogen-bond donors (Lipinski definition) is 2. The van der Waals surface area contributed by atoms with Gasteiger partial charge in [-0.15, -0.1) is 0 Å². The average Bonchev–Trinajstić information content (AvgIpc) is 1.55. The molecule has 133 heavy (non-hydrogen) atoms. The van der Waals surface area contributed by atoms with E-state index in [4.69, 9.17) is 90.1 Å². The van der Waals surface area contributed by atoms with Gasteiger partial charge in [0.1, 0.15) is 78.7 Å². The Bertz CT molecular complexity index is 3950. The number of esters is 1. The molecule has 1 aromatic rings. The topological polar surface area (TPSA) is 295 Å². The number of carbonyl (C=O) groups is 3. The number of benzene rings is 1. The molecule has 16 aliphatic heterocycles. The second-order valence-electron chi connectivity index (χ2n) is 44.9. The summed E-state index contributed by atoms with van der Waals surface area (Å²) in [5.74, 6) is -0.0207. The molecule has 0 aromatic heterocycles. The number of unbranched alkanes of at least 4 members (excludes halogenated alkanes) is 1. The third kappa shape index (κ3) is 27.3. The van der Waals surface area contributed by atoms with Crippen LogP contribution in [0.3, 0.4) is 0 Å². The summed E-state index contributed by atoms with van der Waals surface area (Å²) in [7, 11) is -2.30. The number of halogens is 2. The zero-order chi connectivity index (χ0) is 96.0. The van der Waals surface area contributed by atoms with Gasteiger partial charge < -0.3 is 100 Å². The van der Waals surface area contributed by atoms with Gasteiger partial charge in [-0.25, -0.2) is 4.79 Å². The van der Waals surface area contributed by atoms with Gasteiger partial charge in [-0.05, 0) is 199 Å². The SMILES string of the molecule is C=C(Br)C[C@@H](CC[C@@]12C[C@H]3O[C@H]4[C@@H](O1)[C@H]1O[C@@H](CC(=O)C[C@@H]5[C@@H](C)[C@@H](C[C@H](C)CO[Si](C)(C)C(C)(C)C)O[C@H]5CC5O[C@@H](CCCC)C[C@@H](C)C5=C)CC[C@@H]1O[C@H]4[C@H]3O2)OC(=O)c1ccccc1.C=C(Br)C[C@H](O)CC[C@@]12C[C@H]3O[C@H]4[C@@H](O1)[C@H]1O[C@@H](CC(=O)C[C@@H]5[C@@H](C)[C@@H](C[C@H](C)CO[Si](C)(C)C(C)(C)C)O[C@H]5CC5O[C@@H](CCCO)C[C@@H](C)C5=C)CC[C@@H]1O[C@H]4[C@H]3O2.C[O-].C[O-].[Mg+2]. The average molecular weight is 2040 g/mol. The number of rotatable bonds is 40. The van der Waals surface area contributed by atoms with Crippen LogP contribution in [-0.4, -0.2) is 272 Å². The summed E-state index contributed by atoms with van der Waals surface area (Å²) in [6.45, 7) is 57.3. The van der Waals surface area contributed by atoms with E-state index in [0.29, 0.717) is 132 Å². The fraction of sp³-hybridized carbons (Fsp3) is 0.837. The van der Waals surface area contributed by atoms with Crippen molar-refractivity contribution in [3.05, 3.63) is 82.3 Å². The van der Waals surface area contributed by atoms with E-state index in [1.807, 2.05) is 18.2 Å². The standard InChI is InChI=1S/C55H83BrO11Si.C47H77BrO11Si.2CH3O.Mg/c1-12-13-19-39-25-33(3)35(5)45(60-39)29-46-42(36(6)44(63-46)24-32(2)31-59-68(10,11)54(7,8)9)28-38(57)27-40-20-21-43-48(61-40)52-51-50(64-43)49-47(65-51)30-55(66-49,67-52)23-22-41(26-34(4)56)62-53(58)37-17-15-14-16-18-37;1-26(25-52-60(9,10)46(6,7)8)18-37-30(5)35(39(55-37)23-38-29(4)27(2)19-33(53-38)12-11-17-49)22-32(51)21-34-13-14-36-41(54-34)45-44-43(56-36)42-40(57-44)24-47(58-42,59-45)16-15-31(50)20-28(3)48;2*1-2;/h14-18,32-33,36,39-52H,4-5,12-13,19-31H2,1-3,6-11H3;26-27,30-31,33-45,49-50H,3-4,11-25H2,1-2,5-10H3;2*1H3;/q;;2*-1;+2/t32-,33+,36+,39-,40+,41+,42+,43-,44+,45?,46-,47+,48-,49-,50-,51+,52-,55-;26-,27+,30+,31+,33-,34+,35+,36-,37+,38?,39-,40+,41-,42-,43-,44+,45-,47-;;;/m00.../s1. The smallest absolute Gasteiger partial charge is 0.857 e. The molecular weight excluding hydrogens is 1870 g/mol. The first-order valence-electron chi connectivity index (χ1n) is 50.5. The minimum atomic E-state index is -1.90. The first kappa shape index (κ1) is 112. The Balaban J connectivity index is 0.000000247. The number of hydrogen-bond acceptors (Lipinski definition) is 24. The fourth-order valence-electron chi connectivity index (χ4n) is 23.1. The molecular formula is C104H166Br2MgO24Si2. The number of fused-ring (bicyclic) bond motifs is 2. The summed E-state index contributed by atoms with van der Waals surface area (Å²) < 4.78 is 116. The third-order valence-corrected chi connectivity index (χ3v) is 42.5. The first-order valence-corrected chi connectivity index (χ1v) is 57.9. The van der Waals surface area contributed by atoms with Crippen LogP contribution in [0, 0.1) is 47.3 Å². The summed E-state index contributed by atoms with van der Waals surface area (Å²) in [4.78, 5) is 41.9. The molecule has 16 heterocycles.